The van der Waals surface area contributed by atoms with Gasteiger partial charge in [-0.15, -0.1) is 0 Å². The zero-order valence-electron chi connectivity index (χ0n) is 9.53. The summed E-state index contributed by atoms with van der Waals surface area (Å²) in [7, 11) is 0. The summed E-state index contributed by atoms with van der Waals surface area (Å²) >= 11 is 0. The highest BCUT2D eigenvalue weighted by Crippen LogP contribution is 2.22. The first-order chi connectivity index (χ1) is 8.27. The number of carboxylic acid groups (broad SMARTS) is 1. The molecule has 1 aliphatic heterocycles. The third-order valence-corrected chi connectivity index (χ3v) is 2.49. The van der Waals surface area contributed by atoms with Crippen molar-refractivity contribution in [2.24, 2.45) is 0 Å². The summed E-state index contributed by atoms with van der Waals surface area (Å²) in [5, 5.41) is 10.6. The molecular weight excluding hydrogens is 257 g/mol. The van der Waals surface area contributed by atoms with Crippen LogP contribution in [-0.2, 0) is 9.53 Å². The Morgan fingerprint density at radius 1 is 1.50 bits per heavy atom. The SMILES string of the molecule is CCOC1C(NC(=O)C(F)(F)F)CCN1C(=O)O. The standard InChI is InChI=1S/C9H13F3N2O4/c1-2-18-6-5(3-4-14(6)8(16)17)13-7(15)9(10,11)12/h5-6H,2-4H2,1H3,(H,13,15)(H,16,17). The molecule has 1 aliphatic rings. The van der Waals surface area contributed by atoms with E-state index in [9.17, 15) is 22.8 Å². The Kier molecular flexibility index (Phi) is 4.38. The molecule has 0 aromatic heterocycles. The lowest BCUT2D eigenvalue weighted by Crippen LogP contribution is -2.51. The molecule has 1 saturated heterocycles. The second kappa shape index (κ2) is 5.42. The molecule has 1 fully saturated rings. The van der Waals surface area contributed by atoms with Crippen LogP contribution in [-0.4, -0.2) is 53.6 Å². The van der Waals surface area contributed by atoms with Crippen LogP contribution in [0.15, 0.2) is 0 Å². The minimum absolute atomic E-state index is 0.0167. The van der Waals surface area contributed by atoms with Gasteiger partial charge in [0.05, 0.1) is 6.04 Å². The molecule has 0 aromatic carbocycles. The predicted octanol–water partition coefficient (Wildman–Crippen LogP) is 0.780. The number of hydrogen-bond acceptors (Lipinski definition) is 3. The van der Waals surface area contributed by atoms with Crippen molar-refractivity contribution in [1.82, 2.24) is 10.2 Å². The van der Waals surface area contributed by atoms with Gasteiger partial charge in [0.2, 0.25) is 0 Å². The highest BCUT2D eigenvalue weighted by Gasteiger charge is 2.44. The lowest BCUT2D eigenvalue weighted by atomic mass is 10.2. The Bertz CT molecular complexity index is 334. The zero-order valence-corrected chi connectivity index (χ0v) is 9.53. The van der Waals surface area contributed by atoms with Crippen LogP contribution in [0.4, 0.5) is 18.0 Å². The second-order valence-electron chi connectivity index (χ2n) is 3.69. The number of hydrogen-bond donors (Lipinski definition) is 2. The lowest BCUT2D eigenvalue weighted by molar-refractivity contribution is -0.175. The number of ether oxygens (including phenoxy) is 1. The van der Waals surface area contributed by atoms with E-state index in [-0.39, 0.29) is 19.6 Å². The van der Waals surface area contributed by atoms with Crippen LogP contribution in [0.25, 0.3) is 0 Å². The van der Waals surface area contributed by atoms with E-state index < -0.39 is 30.4 Å². The number of nitrogens with one attached hydrogen (secondary N) is 1. The molecular formula is C9H13F3N2O4. The average Bonchev–Trinajstić information content (AvgIpc) is 2.61. The number of halogens is 3. The number of likely N-dealkylation sites (tertiary alicyclic amines) is 1. The van der Waals surface area contributed by atoms with Crippen LogP contribution in [0.2, 0.25) is 0 Å². The number of nitrogens with zero attached hydrogens (tertiary/aromatic N) is 1. The topological polar surface area (TPSA) is 78.9 Å². The molecule has 1 rings (SSSR count). The number of amides is 2. The van der Waals surface area contributed by atoms with E-state index in [0.29, 0.717) is 0 Å². The van der Waals surface area contributed by atoms with E-state index >= 15 is 0 Å². The summed E-state index contributed by atoms with van der Waals surface area (Å²) in [5.41, 5.74) is 0. The maximum absolute atomic E-state index is 12.1. The largest absolute Gasteiger partial charge is 0.471 e. The summed E-state index contributed by atoms with van der Waals surface area (Å²) in [6.07, 6.45) is -7.29. The molecule has 2 atom stereocenters. The fourth-order valence-corrected chi connectivity index (χ4v) is 1.74. The lowest BCUT2D eigenvalue weighted by Gasteiger charge is -2.26. The van der Waals surface area contributed by atoms with Crippen molar-refractivity contribution in [3.05, 3.63) is 0 Å². The molecule has 0 radical (unpaired) electrons. The maximum atomic E-state index is 12.1. The molecule has 2 unspecified atom stereocenters. The van der Waals surface area contributed by atoms with Gasteiger partial charge in [0.1, 0.15) is 0 Å². The molecule has 2 amide bonds. The number of carbonyl (C=O) groups is 2. The van der Waals surface area contributed by atoms with E-state index in [0.717, 1.165) is 4.90 Å². The van der Waals surface area contributed by atoms with Crippen LogP contribution in [0.3, 0.4) is 0 Å². The van der Waals surface area contributed by atoms with E-state index in [4.69, 9.17) is 9.84 Å². The number of alkyl halides is 3. The fourth-order valence-electron chi connectivity index (χ4n) is 1.74. The molecule has 0 bridgehead atoms. The molecule has 6 nitrogen and oxygen atoms in total. The van der Waals surface area contributed by atoms with Crippen LogP contribution >= 0.6 is 0 Å². The maximum Gasteiger partial charge on any atom is 0.471 e. The van der Waals surface area contributed by atoms with Crippen LogP contribution in [0, 0.1) is 0 Å². The minimum atomic E-state index is -4.99. The Balaban J connectivity index is 2.71. The number of rotatable bonds is 3. The smallest absolute Gasteiger partial charge is 0.465 e. The molecule has 0 spiro atoms. The van der Waals surface area contributed by atoms with Crippen molar-refractivity contribution in [3.8, 4) is 0 Å². The molecule has 9 heteroatoms. The van der Waals surface area contributed by atoms with Gasteiger partial charge >= 0.3 is 18.2 Å². The van der Waals surface area contributed by atoms with Gasteiger partial charge < -0.3 is 15.2 Å². The van der Waals surface area contributed by atoms with Gasteiger partial charge in [0.15, 0.2) is 6.23 Å². The molecule has 18 heavy (non-hydrogen) atoms. The predicted molar refractivity (Wildman–Crippen MR) is 52.7 cm³/mol. The third-order valence-electron chi connectivity index (χ3n) is 2.49. The van der Waals surface area contributed by atoms with E-state index in [1.807, 2.05) is 0 Å². The highest BCUT2D eigenvalue weighted by molar-refractivity contribution is 5.82. The van der Waals surface area contributed by atoms with E-state index in [2.05, 4.69) is 0 Å². The fraction of sp³-hybridized carbons (Fsp3) is 0.778. The number of carbonyl (C=O) groups excluding carboxylic acids is 1. The second-order valence-corrected chi connectivity index (χ2v) is 3.69. The van der Waals surface area contributed by atoms with Crippen LogP contribution in [0.5, 0.6) is 0 Å². The first kappa shape index (κ1) is 14.6. The monoisotopic (exact) mass is 270 g/mol. The molecule has 0 aliphatic carbocycles. The first-order valence-electron chi connectivity index (χ1n) is 5.26. The summed E-state index contributed by atoms with van der Waals surface area (Å²) in [4.78, 5) is 22.5. The van der Waals surface area contributed by atoms with Crippen molar-refractivity contribution in [1.29, 1.82) is 0 Å². The van der Waals surface area contributed by atoms with E-state index in [1.54, 1.807) is 12.2 Å². The zero-order chi connectivity index (χ0) is 13.9. The van der Waals surface area contributed by atoms with Gasteiger partial charge in [-0.1, -0.05) is 0 Å². The first-order valence-corrected chi connectivity index (χ1v) is 5.26. The Labute approximate surface area is 101 Å². The van der Waals surface area contributed by atoms with E-state index in [1.165, 1.54) is 0 Å². The Morgan fingerprint density at radius 2 is 2.11 bits per heavy atom. The van der Waals surface area contributed by atoms with Gasteiger partial charge in [-0.25, -0.2) is 4.79 Å². The molecule has 1 heterocycles. The van der Waals surface area contributed by atoms with Crippen LogP contribution < -0.4 is 5.32 Å². The van der Waals surface area contributed by atoms with Crippen LogP contribution in [0.1, 0.15) is 13.3 Å². The highest BCUT2D eigenvalue weighted by atomic mass is 19.4. The average molecular weight is 270 g/mol. The Hall–Kier alpha value is -1.51. The Morgan fingerprint density at radius 3 is 2.56 bits per heavy atom. The third kappa shape index (κ3) is 3.25. The summed E-state index contributed by atoms with van der Waals surface area (Å²) in [6, 6.07) is -0.991. The van der Waals surface area contributed by atoms with Crippen molar-refractivity contribution in [3.63, 3.8) is 0 Å². The van der Waals surface area contributed by atoms with Gasteiger partial charge in [-0.2, -0.15) is 13.2 Å². The normalized spacial score (nSPS) is 24.1. The molecule has 0 saturated carbocycles. The van der Waals surface area contributed by atoms with Crippen molar-refractivity contribution in [2.75, 3.05) is 13.2 Å². The molecule has 104 valence electrons. The van der Waals surface area contributed by atoms with Crippen molar-refractivity contribution in [2.45, 2.75) is 31.8 Å². The van der Waals surface area contributed by atoms with Gasteiger partial charge in [0, 0.05) is 13.2 Å². The minimum Gasteiger partial charge on any atom is -0.465 e. The summed E-state index contributed by atoms with van der Waals surface area (Å²) in [6.45, 7) is 1.73. The van der Waals surface area contributed by atoms with Gasteiger partial charge in [0.25, 0.3) is 0 Å². The van der Waals surface area contributed by atoms with Crippen molar-refractivity contribution < 1.29 is 32.6 Å². The summed E-state index contributed by atoms with van der Waals surface area (Å²) < 4.78 is 41.3. The quantitative estimate of drug-likeness (QED) is 0.794. The van der Waals surface area contributed by atoms with Gasteiger partial charge in [-0.3, -0.25) is 9.69 Å². The van der Waals surface area contributed by atoms with Crippen molar-refractivity contribution >= 4 is 12.0 Å². The summed E-state index contributed by atoms with van der Waals surface area (Å²) in [5.74, 6) is -2.09. The molecule has 2 N–H and O–H groups in total. The molecule has 0 aromatic rings. The van der Waals surface area contributed by atoms with Gasteiger partial charge in [-0.05, 0) is 13.3 Å².